The van der Waals surface area contributed by atoms with E-state index in [-0.39, 0.29) is 5.75 Å². The minimum absolute atomic E-state index is 0.142. The van der Waals surface area contributed by atoms with Gasteiger partial charge in [0.15, 0.2) is 0 Å². The molecule has 0 saturated heterocycles. The number of terminal acetylenes is 1. The molecule has 30 heavy (non-hydrogen) atoms. The quantitative estimate of drug-likeness (QED) is 0.357. The molecule has 0 fully saturated rings. The van der Waals surface area contributed by atoms with E-state index in [0.29, 0.717) is 0 Å². The van der Waals surface area contributed by atoms with E-state index in [2.05, 4.69) is 59.2 Å². The Morgan fingerprint density at radius 2 is 1.57 bits per heavy atom. The molecule has 1 atom stereocenters. The van der Waals surface area contributed by atoms with Gasteiger partial charge in [-0.2, -0.15) is 8.78 Å². The van der Waals surface area contributed by atoms with E-state index in [4.69, 9.17) is 6.42 Å². The van der Waals surface area contributed by atoms with Crippen molar-refractivity contribution in [2.24, 2.45) is 0 Å². The van der Waals surface area contributed by atoms with Crippen LogP contribution in [0.25, 0.3) is 0 Å². The van der Waals surface area contributed by atoms with E-state index in [9.17, 15) is 8.78 Å². The van der Waals surface area contributed by atoms with E-state index >= 15 is 0 Å². The second-order valence-electron chi connectivity index (χ2n) is 7.72. The Hall–Kier alpha value is -3.12. The van der Waals surface area contributed by atoms with Gasteiger partial charge in [0.25, 0.3) is 0 Å². The Morgan fingerprint density at radius 1 is 0.900 bits per heavy atom. The molecule has 3 heteroatoms. The van der Waals surface area contributed by atoms with Crippen LogP contribution in [0.5, 0.6) is 5.75 Å². The van der Waals surface area contributed by atoms with Crippen LogP contribution in [0, 0.1) is 12.3 Å². The zero-order valence-corrected chi connectivity index (χ0v) is 17.2. The van der Waals surface area contributed by atoms with Crippen LogP contribution in [0.15, 0.2) is 78.9 Å². The maximum Gasteiger partial charge on any atom is 0.387 e. The lowest BCUT2D eigenvalue weighted by atomic mass is 9.78. The normalized spacial score (nSPS) is 12.9. The monoisotopic (exact) mass is 404 g/mol. The van der Waals surface area contributed by atoms with Crippen LogP contribution in [0.1, 0.15) is 42.0 Å². The average molecular weight is 405 g/mol. The van der Waals surface area contributed by atoms with Crippen molar-refractivity contribution >= 4 is 0 Å². The summed E-state index contributed by atoms with van der Waals surface area (Å²) in [7, 11) is 0. The molecule has 1 unspecified atom stereocenters. The molecule has 0 aliphatic heterocycles. The van der Waals surface area contributed by atoms with Gasteiger partial charge < -0.3 is 4.74 Å². The highest BCUT2D eigenvalue weighted by atomic mass is 19.3. The molecule has 0 aliphatic rings. The largest absolute Gasteiger partial charge is 0.435 e. The lowest BCUT2D eigenvalue weighted by Gasteiger charge is -2.24. The van der Waals surface area contributed by atoms with E-state index in [0.717, 1.165) is 31.2 Å². The zero-order chi connectivity index (χ0) is 21.4. The fourth-order valence-electron chi connectivity index (χ4n) is 3.68. The Morgan fingerprint density at radius 3 is 2.23 bits per heavy atom. The first-order valence-corrected chi connectivity index (χ1v) is 10.1. The number of aryl methyl sites for hydroxylation is 1. The third-order valence-electron chi connectivity index (χ3n) is 5.42. The van der Waals surface area contributed by atoms with Crippen molar-refractivity contribution in [2.75, 3.05) is 0 Å². The Kier molecular flexibility index (Phi) is 7.25. The fraction of sp³-hybridized carbons (Fsp3) is 0.259. The van der Waals surface area contributed by atoms with Crippen LogP contribution >= 0.6 is 0 Å². The summed E-state index contributed by atoms with van der Waals surface area (Å²) >= 11 is 0. The number of rotatable bonds is 9. The molecule has 3 aromatic carbocycles. The van der Waals surface area contributed by atoms with Crippen molar-refractivity contribution in [1.82, 2.24) is 0 Å². The highest BCUT2D eigenvalue weighted by molar-refractivity contribution is 5.37. The molecule has 0 spiro atoms. The summed E-state index contributed by atoms with van der Waals surface area (Å²) < 4.78 is 29.1. The lowest BCUT2D eigenvalue weighted by Crippen LogP contribution is -2.19. The summed E-state index contributed by atoms with van der Waals surface area (Å²) in [6, 6.07) is 25.8. The van der Waals surface area contributed by atoms with Crippen molar-refractivity contribution in [2.45, 2.75) is 44.6 Å². The molecule has 0 aromatic heterocycles. The van der Waals surface area contributed by atoms with E-state index in [1.54, 1.807) is 24.3 Å². The van der Waals surface area contributed by atoms with Gasteiger partial charge in [0.05, 0.1) is 5.41 Å². The Labute approximate surface area is 177 Å². The van der Waals surface area contributed by atoms with E-state index in [1.165, 1.54) is 16.7 Å². The second-order valence-corrected chi connectivity index (χ2v) is 7.72. The van der Waals surface area contributed by atoms with Gasteiger partial charge in [-0.05, 0) is 67.0 Å². The van der Waals surface area contributed by atoms with Gasteiger partial charge in [-0.1, -0.05) is 72.7 Å². The molecule has 0 heterocycles. The molecular formula is C27H26F2O. The zero-order valence-electron chi connectivity index (χ0n) is 17.2. The van der Waals surface area contributed by atoms with E-state index < -0.39 is 12.0 Å². The van der Waals surface area contributed by atoms with Crippen molar-refractivity contribution in [1.29, 1.82) is 0 Å². The summed E-state index contributed by atoms with van der Waals surface area (Å²) in [4.78, 5) is 0. The fourth-order valence-corrected chi connectivity index (χ4v) is 3.68. The van der Waals surface area contributed by atoms with Crippen LogP contribution in [0.4, 0.5) is 8.78 Å². The molecule has 3 rings (SSSR count). The number of hydrogen-bond donors (Lipinski definition) is 0. The highest BCUT2D eigenvalue weighted by Gasteiger charge is 2.23. The predicted octanol–water partition coefficient (Wildman–Crippen LogP) is 6.79. The number of benzene rings is 3. The first kappa shape index (κ1) is 21.6. The van der Waals surface area contributed by atoms with Gasteiger partial charge in [-0.3, -0.25) is 0 Å². The third-order valence-corrected chi connectivity index (χ3v) is 5.42. The average Bonchev–Trinajstić information content (AvgIpc) is 2.75. The van der Waals surface area contributed by atoms with Crippen molar-refractivity contribution in [3.63, 3.8) is 0 Å². The minimum Gasteiger partial charge on any atom is -0.435 e. The van der Waals surface area contributed by atoms with Crippen LogP contribution in [-0.2, 0) is 18.3 Å². The number of ether oxygens (including phenoxy) is 1. The highest BCUT2D eigenvalue weighted by Crippen LogP contribution is 2.31. The lowest BCUT2D eigenvalue weighted by molar-refractivity contribution is -0.0498. The molecule has 0 N–H and O–H groups in total. The topological polar surface area (TPSA) is 9.23 Å². The predicted molar refractivity (Wildman–Crippen MR) is 118 cm³/mol. The molecule has 3 aromatic rings. The van der Waals surface area contributed by atoms with Crippen LogP contribution in [-0.4, -0.2) is 6.61 Å². The summed E-state index contributed by atoms with van der Waals surface area (Å²) in [6.45, 7) is -0.811. The third kappa shape index (κ3) is 5.94. The van der Waals surface area contributed by atoms with Crippen LogP contribution < -0.4 is 4.74 Å². The minimum atomic E-state index is -2.83. The Bertz CT molecular complexity index is 974. The van der Waals surface area contributed by atoms with Crippen molar-refractivity contribution in [3.8, 4) is 18.1 Å². The molecule has 0 aliphatic carbocycles. The van der Waals surface area contributed by atoms with Gasteiger partial charge in [0.1, 0.15) is 5.75 Å². The van der Waals surface area contributed by atoms with Gasteiger partial charge in [0.2, 0.25) is 0 Å². The number of alkyl halides is 2. The first-order chi connectivity index (χ1) is 14.5. The molecule has 0 bridgehead atoms. The van der Waals surface area contributed by atoms with Gasteiger partial charge in [0, 0.05) is 0 Å². The van der Waals surface area contributed by atoms with Crippen molar-refractivity contribution in [3.05, 3.63) is 101 Å². The second kappa shape index (κ2) is 10.1. The van der Waals surface area contributed by atoms with Crippen LogP contribution in [0.2, 0.25) is 0 Å². The van der Waals surface area contributed by atoms with Crippen molar-refractivity contribution < 1.29 is 13.5 Å². The summed E-state index contributed by atoms with van der Waals surface area (Å²) in [6.07, 6.45) is 9.45. The molecule has 154 valence electrons. The van der Waals surface area contributed by atoms with Gasteiger partial charge in [-0.25, -0.2) is 0 Å². The SMILES string of the molecule is C#CC(C)(CCCc1cccc(Cc2ccccc2)c1)c1ccc(OC(F)F)cc1. The maximum atomic E-state index is 12.3. The number of hydrogen-bond acceptors (Lipinski definition) is 1. The summed E-state index contributed by atoms with van der Waals surface area (Å²) in [5.74, 6) is 3.04. The smallest absolute Gasteiger partial charge is 0.387 e. The Balaban J connectivity index is 1.60. The molecular weight excluding hydrogens is 378 g/mol. The number of halogens is 2. The first-order valence-electron chi connectivity index (χ1n) is 10.1. The van der Waals surface area contributed by atoms with Gasteiger partial charge >= 0.3 is 6.61 Å². The van der Waals surface area contributed by atoms with Crippen LogP contribution in [0.3, 0.4) is 0 Å². The maximum absolute atomic E-state index is 12.3. The van der Waals surface area contributed by atoms with E-state index in [1.807, 2.05) is 13.0 Å². The van der Waals surface area contributed by atoms with Gasteiger partial charge in [-0.15, -0.1) is 6.42 Å². The molecule has 0 amide bonds. The molecule has 0 saturated carbocycles. The molecule has 0 radical (unpaired) electrons. The summed E-state index contributed by atoms with van der Waals surface area (Å²) in [5.41, 5.74) is 4.38. The summed E-state index contributed by atoms with van der Waals surface area (Å²) in [5, 5.41) is 0. The standard InChI is InChI=1S/C27H26F2O/c1-3-27(2,24-14-16-25(17-15-24)30-26(28)29)18-8-13-22-11-7-12-23(20-22)19-21-9-5-4-6-10-21/h1,4-7,9-12,14-17,20,26H,8,13,18-19H2,2H3. The molecule has 1 nitrogen and oxygen atoms in total.